The average Bonchev–Trinajstić information content (AvgIpc) is 2.52. The van der Waals surface area contributed by atoms with E-state index in [-0.39, 0.29) is 10.6 Å². The minimum Gasteiger partial charge on any atom is -0.506 e. The Morgan fingerprint density at radius 3 is 2.48 bits per heavy atom. The lowest BCUT2D eigenvalue weighted by atomic mass is 10.2. The Hall–Kier alpha value is -1.08. The van der Waals surface area contributed by atoms with Gasteiger partial charge < -0.3 is 9.84 Å². The second kappa shape index (κ2) is 7.66. The first-order valence-corrected chi connectivity index (χ1v) is 9.84. The van der Waals surface area contributed by atoms with Gasteiger partial charge in [-0.25, -0.2) is 4.83 Å². The van der Waals surface area contributed by atoms with Crippen LogP contribution in [0.15, 0.2) is 46.4 Å². The van der Waals surface area contributed by atoms with Crippen LogP contribution < -0.4 is 9.57 Å². The number of phenolic OH excluding ortho intramolecular Hbond substituents is 1. The van der Waals surface area contributed by atoms with Gasteiger partial charge in [-0.3, -0.25) is 0 Å². The molecule has 0 saturated heterocycles. The van der Waals surface area contributed by atoms with E-state index in [1.807, 2.05) is 22.6 Å². The molecular weight excluding hydrogens is 546 g/mol. The normalized spacial score (nSPS) is 11.6. The Bertz CT molecular complexity index is 837. The smallest absolute Gasteiger partial charge is 0.276 e. The molecule has 2 rings (SSSR count). The van der Waals surface area contributed by atoms with Crippen LogP contribution in [-0.2, 0) is 10.0 Å². The minimum absolute atomic E-state index is 0.0541. The maximum absolute atomic E-state index is 12.1. The van der Waals surface area contributed by atoms with Crippen LogP contribution in [0.2, 0.25) is 0 Å². The number of hydrazone groups is 1. The average molecular weight is 558 g/mol. The van der Waals surface area contributed by atoms with Crippen molar-refractivity contribution in [2.75, 3.05) is 7.11 Å². The van der Waals surface area contributed by atoms with Crippen LogP contribution >= 0.6 is 45.2 Å². The highest BCUT2D eigenvalue weighted by Crippen LogP contribution is 2.25. The molecule has 0 amide bonds. The summed E-state index contributed by atoms with van der Waals surface area (Å²) >= 11 is 4.10. The third kappa shape index (κ3) is 4.70. The lowest BCUT2D eigenvalue weighted by molar-refractivity contribution is 0.414. The van der Waals surface area contributed by atoms with Gasteiger partial charge in [0.1, 0.15) is 11.5 Å². The summed E-state index contributed by atoms with van der Waals surface area (Å²) in [5.74, 6) is 0.615. The Labute approximate surface area is 161 Å². The van der Waals surface area contributed by atoms with Crippen molar-refractivity contribution >= 4 is 61.4 Å². The fraction of sp³-hybridized carbons (Fsp3) is 0.0714. The van der Waals surface area contributed by atoms with Gasteiger partial charge in [-0.1, -0.05) is 0 Å². The summed E-state index contributed by atoms with van der Waals surface area (Å²) < 4.78 is 30.8. The molecule has 6 nitrogen and oxygen atoms in total. The van der Waals surface area contributed by atoms with Crippen molar-refractivity contribution in [3.8, 4) is 11.5 Å². The highest BCUT2D eigenvalue weighted by atomic mass is 127. The zero-order valence-corrected chi connectivity index (χ0v) is 17.0. The van der Waals surface area contributed by atoms with Crippen molar-refractivity contribution in [3.05, 3.63) is 49.1 Å². The quantitative estimate of drug-likeness (QED) is 0.336. The molecule has 122 valence electrons. The van der Waals surface area contributed by atoms with E-state index in [0.29, 0.717) is 14.9 Å². The molecule has 23 heavy (non-hydrogen) atoms. The number of ether oxygens (including phenoxy) is 1. The summed E-state index contributed by atoms with van der Waals surface area (Å²) in [4.78, 5) is 2.18. The van der Waals surface area contributed by atoms with Crippen molar-refractivity contribution in [2.24, 2.45) is 5.10 Å². The number of halogens is 2. The first kappa shape index (κ1) is 18.3. The molecule has 0 radical (unpaired) electrons. The van der Waals surface area contributed by atoms with Gasteiger partial charge in [-0.15, -0.1) is 0 Å². The number of sulfonamides is 1. The van der Waals surface area contributed by atoms with Gasteiger partial charge >= 0.3 is 0 Å². The molecule has 0 aliphatic heterocycles. The van der Waals surface area contributed by atoms with Gasteiger partial charge in [-0.05, 0) is 81.6 Å². The molecular formula is C14H12I2N2O4S. The van der Waals surface area contributed by atoms with Crippen LogP contribution in [0, 0.1) is 7.14 Å². The van der Waals surface area contributed by atoms with E-state index in [9.17, 15) is 13.5 Å². The molecule has 9 heteroatoms. The Morgan fingerprint density at radius 1 is 1.22 bits per heavy atom. The topological polar surface area (TPSA) is 88.0 Å². The fourth-order valence-corrected chi connectivity index (χ4v) is 4.34. The van der Waals surface area contributed by atoms with E-state index in [1.54, 1.807) is 24.3 Å². The summed E-state index contributed by atoms with van der Waals surface area (Å²) in [6, 6.07) is 9.43. The van der Waals surface area contributed by atoms with E-state index in [2.05, 4.69) is 32.5 Å². The molecule has 2 aromatic rings. The van der Waals surface area contributed by atoms with Crippen LogP contribution in [0.5, 0.6) is 11.5 Å². The molecule has 0 heterocycles. The fourth-order valence-electron chi connectivity index (χ4n) is 1.66. The van der Waals surface area contributed by atoms with E-state index < -0.39 is 10.0 Å². The Kier molecular flexibility index (Phi) is 6.08. The van der Waals surface area contributed by atoms with Gasteiger partial charge in [0.15, 0.2) is 0 Å². The highest BCUT2D eigenvalue weighted by molar-refractivity contribution is 14.1. The van der Waals surface area contributed by atoms with E-state index >= 15 is 0 Å². The molecule has 0 aliphatic carbocycles. The summed E-state index contributed by atoms with van der Waals surface area (Å²) in [6.07, 6.45) is 1.26. The van der Waals surface area contributed by atoms with Gasteiger partial charge in [0.25, 0.3) is 10.0 Å². The third-order valence-corrected chi connectivity index (χ3v) is 5.49. The molecule has 0 atom stereocenters. The molecule has 2 N–H and O–H groups in total. The minimum atomic E-state index is -3.78. The first-order chi connectivity index (χ1) is 10.8. The Morgan fingerprint density at radius 2 is 1.87 bits per heavy atom. The number of phenols is 1. The number of benzene rings is 2. The largest absolute Gasteiger partial charge is 0.506 e. The molecule has 0 bridgehead atoms. The van der Waals surface area contributed by atoms with Crippen molar-refractivity contribution < 1.29 is 18.3 Å². The van der Waals surface area contributed by atoms with E-state index in [1.165, 1.54) is 25.5 Å². The molecule has 2 aromatic carbocycles. The number of nitrogens with zero attached hydrogens (tertiary/aromatic N) is 1. The lowest BCUT2D eigenvalue weighted by Crippen LogP contribution is -2.18. The molecule has 0 saturated carbocycles. The number of rotatable bonds is 5. The zero-order valence-electron chi connectivity index (χ0n) is 11.8. The summed E-state index contributed by atoms with van der Waals surface area (Å²) in [7, 11) is -2.28. The van der Waals surface area contributed by atoms with Gasteiger partial charge in [-0.2, -0.15) is 13.5 Å². The molecule has 0 unspecified atom stereocenters. The number of hydrogen-bond acceptors (Lipinski definition) is 5. The molecule has 0 spiro atoms. The Balaban J connectivity index is 2.18. The monoisotopic (exact) mass is 558 g/mol. The SMILES string of the molecule is COc1ccc(S(=O)(=O)NN=Cc2cc(I)cc(I)c2O)cc1. The zero-order chi connectivity index (χ0) is 17.0. The van der Waals surface area contributed by atoms with Crippen molar-refractivity contribution in [1.29, 1.82) is 0 Å². The van der Waals surface area contributed by atoms with Crippen LogP contribution in [0.1, 0.15) is 5.56 Å². The van der Waals surface area contributed by atoms with Crippen LogP contribution in [-0.4, -0.2) is 26.8 Å². The number of aromatic hydroxyl groups is 1. The van der Waals surface area contributed by atoms with Crippen molar-refractivity contribution in [2.45, 2.75) is 4.90 Å². The predicted octanol–water partition coefficient (Wildman–Crippen LogP) is 2.92. The highest BCUT2D eigenvalue weighted by Gasteiger charge is 2.12. The van der Waals surface area contributed by atoms with Crippen LogP contribution in [0.3, 0.4) is 0 Å². The third-order valence-electron chi connectivity index (χ3n) is 2.80. The number of nitrogens with one attached hydrogen (secondary N) is 1. The lowest BCUT2D eigenvalue weighted by Gasteiger charge is -2.05. The van der Waals surface area contributed by atoms with Crippen LogP contribution in [0.25, 0.3) is 0 Å². The van der Waals surface area contributed by atoms with Gasteiger partial charge in [0.2, 0.25) is 0 Å². The van der Waals surface area contributed by atoms with Gasteiger partial charge in [0.05, 0.1) is 21.8 Å². The summed E-state index contributed by atoms with van der Waals surface area (Å²) in [6.45, 7) is 0. The first-order valence-electron chi connectivity index (χ1n) is 6.20. The predicted molar refractivity (Wildman–Crippen MR) is 104 cm³/mol. The second-order valence-electron chi connectivity index (χ2n) is 4.35. The van der Waals surface area contributed by atoms with E-state index in [4.69, 9.17) is 4.74 Å². The number of hydrogen-bond donors (Lipinski definition) is 2. The molecule has 0 fully saturated rings. The standard InChI is InChI=1S/C14H12I2N2O4S/c1-22-11-2-4-12(5-3-11)23(20,21)18-17-8-9-6-10(15)7-13(16)14(9)19/h2-8,18-19H,1H3. The maximum atomic E-state index is 12.1. The second-order valence-corrected chi connectivity index (χ2v) is 8.42. The van der Waals surface area contributed by atoms with Crippen molar-refractivity contribution in [1.82, 2.24) is 4.83 Å². The van der Waals surface area contributed by atoms with Crippen molar-refractivity contribution in [3.63, 3.8) is 0 Å². The summed E-state index contributed by atoms with van der Waals surface area (Å²) in [5.41, 5.74) is 0.429. The van der Waals surface area contributed by atoms with Gasteiger partial charge in [0, 0.05) is 9.13 Å². The van der Waals surface area contributed by atoms with E-state index in [0.717, 1.165) is 3.57 Å². The molecule has 0 aromatic heterocycles. The number of methoxy groups -OCH3 is 1. The molecule has 0 aliphatic rings. The summed E-state index contributed by atoms with van der Waals surface area (Å²) in [5, 5.41) is 13.6. The maximum Gasteiger partial charge on any atom is 0.276 e. The van der Waals surface area contributed by atoms with Crippen LogP contribution in [0.4, 0.5) is 0 Å².